The van der Waals surface area contributed by atoms with Crippen LogP contribution in [0.25, 0.3) is 0 Å². The van der Waals surface area contributed by atoms with Gasteiger partial charge in [0.15, 0.2) is 11.6 Å². The highest BCUT2D eigenvalue weighted by Crippen LogP contribution is 2.35. The fourth-order valence-corrected chi connectivity index (χ4v) is 4.77. The highest BCUT2D eigenvalue weighted by atomic mass is 19.1. The molecule has 1 aromatic heterocycles. The van der Waals surface area contributed by atoms with Crippen LogP contribution < -0.4 is 15.4 Å². The van der Waals surface area contributed by atoms with Crippen LogP contribution in [-0.2, 0) is 11.4 Å². The van der Waals surface area contributed by atoms with Crippen molar-refractivity contribution in [1.82, 2.24) is 20.6 Å². The number of methoxy groups -OCH3 is 1. The van der Waals surface area contributed by atoms with Gasteiger partial charge in [0.2, 0.25) is 0 Å². The van der Waals surface area contributed by atoms with Crippen molar-refractivity contribution in [2.24, 2.45) is 17.0 Å². The minimum Gasteiger partial charge on any atom is -0.494 e. The van der Waals surface area contributed by atoms with E-state index in [1.165, 1.54) is 26.0 Å². The summed E-state index contributed by atoms with van der Waals surface area (Å²) in [7, 11) is 3.41. The van der Waals surface area contributed by atoms with E-state index in [2.05, 4.69) is 25.8 Å². The summed E-state index contributed by atoms with van der Waals surface area (Å²) in [5.41, 5.74) is 2.35. The van der Waals surface area contributed by atoms with Crippen molar-refractivity contribution < 1.29 is 18.8 Å². The maximum Gasteiger partial charge on any atom is 0.270 e. The number of oxime groups is 1. The first-order valence-electron chi connectivity index (χ1n) is 11.8. The van der Waals surface area contributed by atoms with Gasteiger partial charge in [0.05, 0.1) is 12.8 Å². The Balaban J connectivity index is 1.37. The van der Waals surface area contributed by atoms with E-state index >= 15 is 0 Å². The number of aryl methyl sites for hydroxylation is 1. The number of aromatic nitrogens is 2. The Hall–Kier alpha value is -3.07. The first-order valence-corrected chi connectivity index (χ1v) is 11.8. The number of nitrogens with zero attached hydrogens (tertiary/aromatic N) is 3. The average molecular weight is 470 g/mol. The molecule has 4 rings (SSSR count). The second-order valence-corrected chi connectivity index (χ2v) is 9.06. The first kappa shape index (κ1) is 24.1. The van der Waals surface area contributed by atoms with Gasteiger partial charge in [-0.25, -0.2) is 14.4 Å². The van der Waals surface area contributed by atoms with Gasteiger partial charge in [0.1, 0.15) is 23.3 Å². The van der Waals surface area contributed by atoms with Gasteiger partial charge in [-0.3, -0.25) is 4.79 Å². The van der Waals surface area contributed by atoms with Crippen molar-refractivity contribution in [2.75, 3.05) is 20.7 Å². The molecule has 1 fully saturated rings. The Morgan fingerprint density at radius 1 is 1.21 bits per heavy atom. The van der Waals surface area contributed by atoms with E-state index in [0.717, 1.165) is 36.6 Å². The third kappa shape index (κ3) is 5.70. The second-order valence-electron chi connectivity index (χ2n) is 9.06. The van der Waals surface area contributed by atoms with Crippen molar-refractivity contribution in [2.45, 2.75) is 51.7 Å². The Kier molecular flexibility index (Phi) is 7.72. The van der Waals surface area contributed by atoms with Gasteiger partial charge in [-0.15, -0.1) is 0 Å². The standard InChI is InChI=1S/C25H32FN5O3/c1-15-29-20(21-12-23(34-31-21)18-7-4-16(5-8-18)13-27-2)11-22(30-15)25(32)28-14-17-6-9-19(26)24(10-17)33-3/h6,9-11,16,18,23,27H,4-5,7-8,12-14H2,1-3H3,(H,28,32). The molecule has 2 aromatic rings. The molecule has 1 atom stereocenters. The molecule has 2 heterocycles. The number of ether oxygens (including phenoxy) is 1. The highest BCUT2D eigenvalue weighted by Gasteiger charge is 2.34. The lowest BCUT2D eigenvalue weighted by molar-refractivity contribution is 0.0208. The summed E-state index contributed by atoms with van der Waals surface area (Å²) in [4.78, 5) is 27.4. The second kappa shape index (κ2) is 10.9. The summed E-state index contributed by atoms with van der Waals surface area (Å²) in [6.07, 6.45) is 5.45. The molecule has 1 aliphatic carbocycles. The third-order valence-electron chi connectivity index (χ3n) is 6.64. The molecule has 2 aliphatic rings. The number of rotatable bonds is 8. The Morgan fingerprint density at radius 2 is 2.00 bits per heavy atom. The largest absolute Gasteiger partial charge is 0.494 e. The Labute approximate surface area is 199 Å². The smallest absolute Gasteiger partial charge is 0.270 e. The van der Waals surface area contributed by atoms with Gasteiger partial charge in [0, 0.05) is 13.0 Å². The first-order chi connectivity index (χ1) is 16.5. The fraction of sp³-hybridized carbons (Fsp3) is 0.520. The number of hydrogen-bond donors (Lipinski definition) is 2. The minimum atomic E-state index is -0.447. The lowest BCUT2D eigenvalue weighted by Crippen LogP contribution is -2.29. The molecule has 34 heavy (non-hydrogen) atoms. The number of carbonyl (C=O) groups is 1. The van der Waals surface area contributed by atoms with E-state index in [1.54, 1.807) is 25.1 Å². The van der Waals surface area contributed by atoms with Crippen LogP contribution in [0.1, 0.15) is 59.7 Å². The number of benzene rings is 1. The van der Waals surface area contributed by atoms with Crippen molar-refractivity contribution in [3.05, 3.63) is 52.9 Å². The molecule has 1 aliphatic heterocycles. The van der Waals surface area contributed by atoms with Gasteiger partial charge in [0.25, 0.3) is 5.91 Å². The van der Waals surface area contributed by atoms with E-state index in [9.17, 15) is 9.18 Å². The Morgan fingerprint density at radius 3 is 2.74 bits per heavy atom. The van der Waals surface area contributed by atoms with Crippen LogP contribution >= 0.6 is 0 Å². The van der Waals surface area contributed by atoms with E-state index < -0.39 is 5.82 Å². The molecule has 1 unspecified atom stereocenters. The predicted molar refractivity (Wildman–Crippen MR) is 126 cm³/mol. The normalized spacial score (nSPS) is 22.1. The number of hydrogen-bond acceptors (Lipinski definition) is 7. The van der Waals surface area contributed by atoms with E-state index in [4.69, 9.17) is 9.57 Å². The van der Waals surface area contributed by atoms with Crippen LogP contribution in [-0.4, -0.2) is 48.4 Å². The van der Waals surface area contributed by atoms with E-state index in [-0.39, 0.29) is 30.0 Å². The number of amides is 1. The van der Waals surface area contributed by atoms with Crippen molar-refractivity contribution >= 4 is 11.6 Å². The van der Waals surface area contributed by atoms with Crippen LogP contribution in [0.2, 0.25) is 0 Å². The van der Waals surface area contributed by atoms with Crippen molar-refractivity contribution in [3.63, 3.8) is 0 Å². The number of carbonyl (C=O) groups excluding carboxylic acids is 1. The summed E-state index contributed by atoms with van der Waals surface area (Å²) >= 11 is 0. The molecule has 182 valence electrons. The average Bonchev–Trinajstić information content (AvgIpc) is 3.34. The highest BCUT2D eigenvalue weighted by molar-refractivity contribution is 6.01. The van der Waals surface area contributed by atoms with Crippen molar-refractivity contribution in [3.8, 4) is 5.75 Å². The zero-order chi connectivity index (χ0) is 24.1. The molecule has 1 aromatic carbocycles. The maximum atomic E-state index is 13.6. The van der Waals surface area contributed by atoms with Crippen LogP contribution in [0.4, 0.5) is 4.39 Å². The van der Waals surface area contributed by atoms with Crippen LogP contribution in [0.3, 0.4) is 0 Å². The predicted octanol–water partition coefficient (Wildman–Crippen LogP) is 3.38. The van der Waals surface area contributed by atoms with Gasteiger partial charge in [-0.05, 0) is 81.8 Å². The number of halogens is 1. The van der Waals surface area contributed by atoms with E-state index in [0.29, 0.717) is 23.9 Å². The SMILES string of the molecule is CNCC1CCC(C2CC(c3cc(C(=O)NCc4ccc(F)c(OC)c4)nc(C)n3)=NO2)CC1. The number of nitrogens with one attached hydrogen (secondary N) is 2. The topological polar surface area (TPSA) is 97.7 Å². The third-order valence-corrected chi connectivity index (χ3v) is 6.64. The molecule has 8 nitrogen and oxygen atoms in total. The summed E-state index contributed by atoms with van der Waals surface area (Å²) in [5.74, 6) is 1.07. The van der Waals surface area contributed by atoms with Crippen LogP contribution in [0.5, 0.6) is 5.75 Å². The lowest BCUT2D eigenvalue weighted by atomic mass is 9.78. The molecule has 1 saturated carbocycles. The van der Waals surface area contributed by atoms with Crippen LogP contribution in [0.15, 0.2) is 29.4 Å². The quantitative estimate of drug-likeness (QED) is 0.615. The maximum absolute atomic E-state index is 13.6. The van der Waals surface area contributed by atoms with Gasteiger partial charge in [-0.1, -0.05) is 11.2 Å². The molecule has 0 radical (unpaired) electrons. The zero-order valence-corrected chi connectivity index (χ0v) is 19.9. The molecule has 0 bridgehead atoms. The molecule has 2 N–H and O–H groups in total. The fourth-order valence-electron chi connectivity index (χ4n) is 4.77. The van der Waals surface area contributed by atoms with Gasteiger partial charge >= 0.3 is 0 Å². The molecule has 9 heteroatoms. The minimum absolute atomic E-state index is 0.0616. The summed E-state index contributed by atoms with van der Waals surface area (Å²) in [6.45, 7) is 3.04. The van der Waals surface area contributed by atoms with Gasteiger partial charge in [-0.2, -0.15) is 0 Å². The monoisotopic (exact) mass is 469 g/mol. The van der Waals surface area contributed by atoms with E-state index in [1.807, 2.05) is 7.05 Å². The lowest BCUT2D eigenvalue weighted by Gasteiger charge is -2.30. The summed E-state index contributed by atoms with van der Waals surface area (Å²) < 4.78 is 18.6. The van der Waals surface area contributed by atoms with Gasteiger partial charge < -0.3 is 20.2 Å². The molecule has 1 amide bonds. The summed E-state index contributed by atoms with van der Waals surface area (Å²) in [5, 5.41) is 10.4. The molecular weight excluding hydrogens is 437 g/mol. The summed E-state index contributed by atoms with van der Waals surface area (Å²) in [6, 6.07) is 6.13. The molecule has 0 saturated heterocycles. The van der Waals surface area contributed by atoms with Crippen molar-refractivity contribution in [1.29, 1.82) is 0 Å². The zero-order valence-electron chi connectivity index (χ0n) is 19.9. The molecule has 0 spiro atoms. The van der Waals surface area contributed by atoms with Crippen LogP contribution in [0, 0.1) is 24.6 Å². The Bertz CT molecular complexity index is 1050. The molecular formula is C25H32FN5O3.